The second kappa shape index (κ2) is 14.1. The van der Waals surface area contributed by atoms with Gasteiger partial charge in [0.25, 0.3) is 0 Å². The summed E-state index contributed by atoms with van der Waals surface area (Å²) in [6.45, 7) is 8.48. The molecule has 0 bridgehead atoms. The number of hydrogen-bond donors (Lipinski definition) is 0. The molecule has 1 aliphatic heterocycles. The molecule has 2 atom stereocenters. The molecule has 0 spiro atoms. The number of carbonyl (C=O) groups is 1. The van der Waals surface area contributed by atoms with Gasteiger partial charge in [-0.15, -0.1) is 0 Å². The highest BCUT2D eigenvalue weighted by Crippen LogP contribution is 2.24. The maximum absolute atomic E-state index is 11.2. The van der Waals surface area contributed by atoms with Crippen LogP contribution in [0.3, 0.4) is 0 Å². The first-order valence-electron chi connectivity index (χ1n) is 9.71. The minimum Gasteiger partial charge on any atom is -0.493 e. The average Bonchev–Trinajstić information content (AvgIpc) is 2.73. The quantitative estimate of drug-likeness (QED) is 0.221. The van der Waals surface area contributed by atoms with Gasteiger partial charge in [0.1, 0.15) is 24.7 Å². The van der Waals surface area contributed by atoms with Crippen molar-refractivity contribution in [2.45, 2.75) is 6.04 Å². The van der Waals surface area contributed by atoms with E-state index in [1.54, 1.807) is 6.08 Å². The lowest BCUT2D eigenvalue weighted by atomic mass is 9.99. The first-order chi connectivity index (χ1) is 14.3. The van der Waals surface area contributed by atoms with Crippen LogP contribution in [0.2, 0.25) is 0 Å². The third-order valence-corrected chi connectivity index (χ3v) is 4.25. The zero-order chi connectivity index (χ0) is 20.7. The number of ether oxygens (including phenoxy) is 5. The molecule has 0 aromatic rings. The van der Waals surface area contributed by atoms with Gasteiger partial charge in [-0.2, -0.15) is 4.89 Å². The first kappa shape index (κ1) is 23.4. The molecule has 1 fully saturated rings. The van der Waals surface area contributed by atoms with Crippen molar-refractivity contribution < 1.29 is 38.3 Å². The summed E-state index contributed by atoms with van der Waals surface area (Å²) in [7, 11) is 1.41. The molecule has 0 amide bonds. The summed E-state index contributed by atoms with van der Waals surface area (Å²) in [4.78, 5) is 23.0. The van der Waals surface area contributed by atoms with Crippen LogP contribution in [0.5, 0.6) is 0 Å². The number of rotatable bonds is 4. The second-order valence-corrected chi connectivity index (χ2v) is 6.25. The number of aldehydes is 1. The van der Waals surface area contributed by atoms with E-state index in [-0.39, 0.29) is 12.0 Å². The van der Waals surface area contributed by atoms with Crippen molar-refractivity contribution in [1.82, 2.24) is 4.90 Å². The summed E-state index contributed by atoms with van der Waals surface area (Å²) in [5.41, 5.74) is 0. The largest absolute Gasteiger partial charge is 0.493 e. The lowest BCUT2D eigenvalue weighted by Crippen LogP contribution is -2.40. The molecule has 0 saturated carbocycles. The van der Waals surface area contributed by atoms with Gasteiger partial charge in [0.15, 0.2) is 0 Å². The van der Waals surface area contributed by atoms with Gasteiger partial charge in [-0.05, 0) is 12.7 Å². The molecular formula is C20H31NO8. The van der Waals surface area contributed by atoms with Crippen molar-refractivity contribution in [3.63, 3.8) is 0 Å². The average molecular weight is 413 g/mol. The fourth-order valence-corrected chi connectivity index (χ4v) is 2.85. The standard InChI is InChI=1S/C20H31NO8/c1-17(29-23-2)21-5-6-24-7-8-25-9-10-26-11-12-27-13-14-28-20-15-18(16-22)3-4-19(20)21/h3-4,15-16,18-19H,1,5-14H2,2H3. The number of fused-ring (bicyclic) bond motifs is 1. The van der Waals surface area contributed by atoms with Crippen LogP contribution in [0.1, 0.15) is 0 Å². The van der Waals surface area contributed by atoms with Gasteiger partial charge < -0.3 is 38.3 Å². The molecule has 2 aliphatic rings. The van der Waals surface area contributed by atoms with E-state index < -0.39 is 0 Å². The van der Waals surface area contributed by atoms with Crippen LogP contribution in [-0.2, 0) is 38.3 Å². The van der Waals surface area contributed by atoms with Crippen molar-refractivity contribution in [1.29, 1.82) is 0 Å². The van der Waals surface area contributed by atoms with Gasteiger partial charge in [-0.25, -0.2) is 0 Å². The minimum absolute atomic E-state index is 0.309. The Kier molecular flexibility index (Phi) is 11.4. The molecule has 0 aromatic carbocycles. The predicted octanol–water partition coefficient (Wildman–Crippen LogP) is 1.07. The van der Waals surface area contributed by atoms with E-state index in [1.165, 1.54) is 7.11 Å². The van der Waals surface area contributed by atoms with Crippen LogP contribution >= 0.6 is 0 Å². The molecule has 0 aromatic heterocycles. The van der Waals surface area contributed by atoms with E-state index in [0.29, 0.717) is 77.6 Å². The second-order valence-electron chi connectivity index (χ2n) is 6.25. The Bertz CT molecular complexity index is 551. The summed E-state index contributed by atoms with van der Waals surface area (Å²) in [5, 5.41) is 0. The first-order valence-corrected chi connectivity index (χ1v) is 9.71. The molecule has 9 heteroatoms. The van der Waals surface area contributed by atoms with Gasteiger partial charge in [0.05, 0.1) is 65.9 Å². The van der Waals surface area contributed by atoms with Crippen LogP contribution in [-0.4, -0.2) is 90.3 Å². The lowest BCUT2D eigenvalue weighted by Gasteiger charge is -2.34. The summed E-state index contributed by atoms with van der Waals surface area (Å²) >= 11 is 0. The molecule has 9 nitrogen and oxygen atoms in total. The molecule has 164 valence electrons. The molecule has 1 aliphatic carbocycles. The molecule has 0 N–H and O–H groups in total. The molecule has 0 radical (unpaired) electrons. The highest BCUT2D eigenvalue weighted by molar-refractivity contribution is 5.61. The summed E-state index contributed by atoms with van der Waals surface area (Å²) < 4.78 is 28.0. The Hall–Kier alpha value is -1.91. The van der Waals surface area contributed by atoms with Crippen LogP contribution in [0, 0.1) is 5.92 Å². The van der Waals surface area contributed by atoms with Crippen molar-refractivity contribution in [2.75, 3.05) is 73.1 Å². The predicted molar refractivity (Wildman–Crippen MR) is 104 cm³/mol. The summed E-state index contributed by atoms with van der Waals surface area (Å²) in [6.07, 6.45) is 6.33. The van der Waals surface area contributed by atoms with Gasteiger partial charge in [-0.3, -0.25) is 0 Å². The van der Waals surface area contributed by atoms with Gasteiger partial charge in [0, 0.05) is 6.54 Å². The monoisotopic (exact) mass is 413 g/mol. The number of allylic oxidation sites excluding steroid dienone is 2. The van der Waals surface area contributed by atoms with E-state index >= 15 is 0 Å². The number of hydrogen-bond acceptors (Lipinski definition) is 9. The minimum atomic E-state index is -0.347. The maximum atomic E-state index is 11.2. The van der Waals surface area contributed by atoms with Gasteiger partial charge >= 0.3 is 0 Å². The van der Waals surface area contributed by atoms with E-state index in [0.717, 1.165) is 6.29 Å². The zero-order valence-corrected chi connectivity index (χ0v) is 17.0. The third-order valence-electron chi connectivity index (χ3n) is 4.25. The third kappa shape index (κ3) is 8.55. The fourth-order valence-electron chi connectivity index (χ4n) is 2.85. The van der Waals surface area contributed by atoms with Crippen LogP contribution in [0.4, 0.5) is 0 Å². The fraction of sp³-hybridized carbons (Fsp3) is 0.650. The van der Waals surface area contributed by atoms with Crippen molar-refractivity contribution in [2.24, 2.45) is 5.92 Å². The van der Waals surface area contributed by atoms with E-state index in [2.05, 4.69) is 6.58 Å². The summed E-state index contributed by atoms with van der Waals surface area (Å²) in [5.74, 6) is 0.582. The zero-order valence-electron chi connectivity index (χ0n) is 17.0. The molecule has 1 heterocycles. The highest BCUT2D eigenvalue weighted by Gasteiger charge is 2.28. The Morgan fingerprint density at radius 3 is 2.17 bits per heavy atom. The highest BCUT2D eigenvalue weighted by atomic mass is 17.2. The van der Waals surface area contributed by atoms with Crippen molar-refractivity contribution >= 4 is 6.29 Å². The molecule has 2 rings (SSSR count). The normalized spacial score (nSPS) is 25.6. The topological polar surface area (TPSA) is 84.9 Å². The Balaban J connectivity index is 2.07. The molecule has 2 unspecified atom stereocenters. The number of nitrogens with zero attached hydrogens (tertiary/aromatic N) is 1. The van der Waals surface area contributed by atoms with Crippen LogP contribution in [0.15, 0.2) is 36.4 Å². The van der Waals surface area contributed by atoms with Crippen LogP contribution < -0.4 is 0 Å². The van der Waals surface area contributed by atoms with Crippen LogP contribution in [0.25, 0.3) is 0 Å². The van der Waals surface area contributed by atoms with Crippen molar-refractivity contribution in [3.05, 3.63) is 36.4 Å². The Morgan fingerprint density at radius 2 is 1.59 bits per heavy atom. The molecule has 1 saturated heterocycles. The SMILES string of the molecule is C=C(OOC)N1CCOCCOCCOCCOCCOC2=CC(C=O)C=CC21. The lowest BCUT2D eigenvalue weighted by molar-refractivity contribution is -0.256. The van der Waals surface area contributed by atoms with Crippen molar-refractivity contribution in [3.8, 4) is 0 Å². The van der Waals surface area contributed by atoms with E-state index in [9.17, 15) is 4.79 Å². The number of carbonyl (C=O) groups excluding carboxylic acids is 1. The van der Waals surface area contributed by atoms with Gasteiger partial charge in [0.2, 0.25) is 5.88 Å². The Morgan fingerprint density at radius 1 is 1.00 bits per heavy atom. The molecular weight excluding hydrogens is 382 g/mol. The van der Waals surface area contributed by atoms with E-state index in [1.807, 2.05) is 17.1 Å². The summed E-state index contributed by atoms with van der Waals surface area (Å²) in [6, 6.07) is -0.309. The molecule has 29 heavy (non-hydrogen) atoms. The Labute approximate surface area is 171 Å². The smallest absolute Gasteiger partial charge is 0.226 e. The maximum Gasteiger partial charge on any atom is 0.226 e. The van der Waals surface area contributed by atoms with E-state index in [4.69, 9.17) is 33.5 Å². The van der Waals surface area contributed by atoms with Gasteiger partial charge in [-0.1, -0.05) is 12.2 Å².